The average molecular weight is 117 g/mol. The van der Waals surface area contributed by atoms with Crippen molar-refractivity contribution in [3.05, 3.63) is 0 Å². The summed E-state index contributed by atoms with van der Waals surface area (Å²) in [5, 5.41) is 0. The van der Waals surface area contributed by atoms with E-state index in [2.05, 4.69) is 14.1 Å². The van der Waals surface area contributed by atoms with E-state index in [1.54, 1.807) is 0 Å². The van der Waals surface area contributed by atoms with E-state index in [0.717, 1.165) is 0 Å². The van der Waals surface area contributed by atoms with Crippen molar-refractivity contribution in [1.82, 2.24) is 4.67 Å². The van der Waals surface area contributed by atoms with E-state index < -0.39 is 0 Å². The summed E-state index contributed by atoms with van der Waals surface area (Å²) in [6.07, 6.45) is 4.22. The lowest BCUT2D eigenvalue weighted by Gasteiger charge is -2.20. The maximum absolute atomic E-state index is 2.74. The standard InChI is InChI=1S/C5H12NP/c7-6-4-2-1-3-5-6/h1-5,7H2. The van der Waals surface area contributed by atoms with Crippen LogP contribution in [0.3, 0.4) is 0 Å². The van der Waals surface area contributed by atoms with Gasteiger partial charge in [-0.05, 0) is 12.8 Å². The summed E-state index contributed by atoms with van der Waals surface area (Å²) >= 11 is 0. The first-order chi connectivity index (χ1) is 3.39. The Morgan fingerprint density at radius 3 is 1.86 bits per heavy atom. The molecule has 0 aromatic heterocycles. The molecular weight excluding hydrogens is 105 g/mol. The largest absolute Gasteiger partial charge is 0.287 e. The number of hydrogen-bond acceptors (Lipinski definition) is 1. The van der Waals surface area contributed by atoms with Gasteiger partial charge in [0.2, 0.25) is 0 Å². The van der Waals surface area contributed by atoms with Crippen LogP contribution in [0.2, 0.25) is 0 Å². The zero-order valence-corrected chi connectivity index (χ0v) is 5.71. The van der Waals surface area contributed by atoms with Crippen LogP contribution in [-0.2, 0) is 0 Å². The molecule has 0 amide bonds. The molecule has 0 radical (unpaired) electrons. The normalized spacial score (nSPS) is 25.3. The number of piperidine rings is 1. The van der Waals surface area contributed by atoms with Crippen molar-refractivity contribution in [2.75, 3.05) is 13.1 Å². The summed E-state index contributed by atoms with van der Waals surface area (Å²) in [4.78, 5) is 0. The highest BCUT2D eigenvalue weighted by molar-refractivity contribution is 7.13. The summed E-state index contributed by atoms with van der Waals surface area (Å²) in [7, 11) is 2.74. The van der Waals surface area contributed by atoms with Crippen LogP contribution in [0.1, 0.15) is 19.3 Å². The third-order valence-corrected chi connectivity index (χ3v) is 1.91. The second kappa shape index (κ2) is 2.64. The van der Waals surface area contributed by atoms with Gasteiger partial charge in [-0.25, -0.2) is 0 Å². The van der Waals surface area contributed by atoms with E-state index in [1.807, 2.05) is 0 Å². The van der Waals surface area contributed by atoms with E-state index in [-0.39, 0.29) is 0 Å². The zero-order chi connectivity index (χ0) is 5.11. The van der Waals surface area contributed by atoms with Gasteiger partial charge in [0, 0.05) is 13.1 Å². The Morgan fingerprint density at radius 2 is 1.57 bits per heavy atom. The first-order valence-corrected chi connectivity index (χ1v) is 3.41. The number of hydrogen-bond donors (Lipinski definition) is 0. The minimum Gasteiger partial charge on any atom is -0.287 e. The molecule has 42 valence electrons. The van der Waals surface area contributed by atoms with Crippen molar-refractivity contribution >= 4 is 9.39 Å². The Kier molecular flexibility index (Phi) is 2.08. The molecule has 1 rings (SSSR count). The predicted octanol–water partition coefficient (Wildman–Crippen LogP) is 1.26. The fourth-order valence-electron chi connectivity index (χ4n) is 0.918. The molecule has 0 aromatic carbocycles. The molecule has 1 saturated heterocycles. The lowest BCUT2D eigenvalue weighted by atomic mass is 10.2. The summed E-state index contributed by atoms with van der Waals surface area (Å²) in [5.74, 6) is 0. The van der Waals surface area contributed by atoms with Crippen molar-refractivity contribution in [2.45, 2.75) is 19.3 Å². The highest BCUT2D eigenvalue weighted by Gasteiger charge is 2.02. The quantitative estimate of drug-likeness (QED) is 0.432. The van der Waals surface area contributed by atoms with Gasteiger partial charge in [-0.3, -0.25) is 4.67 Å². The molecule has 1 aliphatic rings. The zero-order valence-electron chi connectivity index (χ0n) is 4.56. The van der Waals surface area contributed by atoms with Crippen LogP contribution in [-0.4, -0.2) is 17.8 Å². The molecule has 1 aliphatic heterocycles. The van der Waals surface area contributed by atoms with Crippen LogP contribution in [0.5, 0.6) is 0 Å². The second-order valence-corrected chi connectivity index (χ2v) is 2.83. The minimum absolute atomic E-state index is 1.28. The summed E-state index contributed by atoms with van der Waals surface area (Å²) in [6, 6.07) is 0. The third kappa shape index (κ3) is 1.75. The van der Waals surface area contributed by atoms with Crippen molar-refractivity contribution in [3.8, 4) is 0 Å². The van der Waals surface area contributed by atoms with Gasteiger partial charge in [-0.1, -0.05) is 15.8 Å². The molecule has 1 heterocycles. The monoisotopic (exact) mass is 117 g/mol. The Balaban J connectivity index is 2.12. The number of nitrogens with zero attached hydrogens (tertiary/aromatic N) is 1. The first kappa shape index (κ1) is 5.53. The Labute approximate surface area is 47.3 Å². The molecule has 0 aromatic rings. The van der Waals surface area contributed by atoms with Gasteiger partial charge in [0.15, 0.2) is 0 Å². The van der Waals surface area contributed by atoms with Gasteiger partial charge in [0.1, 0.15) is 0 Å². The van der Waals surface area contributed by atoms with E-state index in [4.69, 9.17) is 0 Å². The highest BCUT2D eigenvalue weighted by atomic mass is 31.0. The molecule has 0 bridgehead atoms. The average Bonchev–Trinajstić information content (AvgIpc) is 1.69. The van der Waals surface area contributed by atoms with Crippen LogP contribution in [0.15, 0.2) is 0 Å². The van der Waals surface area contributed by atoms with E-state index in [1.165, 1.54) is 32.4 Å². The predicted molar refractivity (Wildman–Crippen MR) is 35.1 cm³/mol. The molecule has 7 heavy (non-hydrogen) atoms. The molecule has 1 nitrogen and oxygen atoms in total. The smallest absolute Gasteiger partial charge is 0.00161 e. The maximum Gasteiger partial charge on any atom is 0.00161 e. The van der Waals surface area contributed by atoms with Crippen molar-refractivity contribution in [1.29, 1.82) is 0 Å². The Hall–Kier alpha value is 0.390. The molecule has 1 unspecified atom stereocenters. The molecule has 1 fully saturated rings. The molecule has 1 atom stereocenters. The Bertz CT molecular complexity index is 50.0. The van der Waals surface area contributed by atoms with Crippen molar-refractivity contribution < 1.29 is 0 Å². The molecular formula is C5H12NP. The van der Waals surface area contributed by atoms with Gasteiger partial charge in [-0.2, -0.15) is 0 Å². The SMILES string of the molecule is PN1CCCCC1. The van der Waals surface area contributed by atoms with Gasteiger partial charge >= 0.3 is 0 Å². The van der Waals surface area contributed by atoms with Crippen LogP contribution >= 0.6 is 9.39 Å². The molecule has 0 spiro atoms. The minimum atomic E-state index is 1.28. The molecule has 0 N–H and O–H groups in total. The van der Waals surface area contributed by atoms with Gasteiger partial charge < -0.3 is 0 Å². The van der Waals surface area contributed by atoms with Crippen molar-refractivity contribution in [2.24, 2.45) is 0 Å². The fraction of sp³-hybridized carbons (Fsp3) is 1.00. The second-order valence-electron chi connectivity index (χ2n) is 2.10. The number of rotatable bonds is 0. The molecule has 0 saturated carbocycles. The highest BCUT2D eigenvalue weighted by Crippen LogP contribution is 2.11. The first-order valence-electron chi connectivity index (χ1n) is 2.89. The summed E-state index contributed by atoms with van der Waals surface area (Å²) in [5.41, 5.74) is 0. The van der Waals surface area contributed by atoms with E-state index >= 15 is 0 Å². The molecule has 0 aliphatic carbocycles. The van der Waals surface area contributed by atoms with Crippen molar-refractivity contribution in [3.63, 3.8) is 0 Å². The van der Waals surface area contributed by atoms with Gasteiger partial charge in [-0.15, -0.1) is 0 Å². The maximum atomic E-state index is 2.74. The fourth-order valence-corrected chi connectivity index (χ4v) is 1.28. The van der Waals surface area contributed by atoms with Crippen LogP contribution < -0.4 is 0 Å². The lowest BCUT2D eigenvalue weighted by Crippen LogP contribution is -2.18. The van der Waals surface area contributed by atoms with E-state index in [9.17, 15) is 0 Å². The lowest BCUT2D eigenvalue weighted by molar-refractivity contribution is 0.379. The van der Waals surface area contributed by atoms with Crippen LogP contribution in [0.4, 0.5) is 0 Å². The topological polar surface area (TPSA) is 3.24 Å². The van der Waals surface area contributed by atoms with Gasteiger partial charge in [0.05, 0.1) is 0 Å². The van der Waals surface area contributed by atoms with E-state index in [0.29, 0.717) is 0 Å². The third-order valence-electron chi connectivity index (χ3n) is 1.39. The summed E-state index contributed by atoms with van der Waals surface area (Å²) < 4.78 is 2.31. The van der Waals surface area contributed by atoms with Crippen LogP contribution in [0, 0.1) is 0 Å². The Morgan fingerprint density at radius 1 is 1.00 bits per heavy atom. The summed E-state index contributed by atoms with van der Waals surface area (Å²) in [6.45, 7) is 2.56. The van der Waals surface area contributed by atoms with Crippen LogP contribution in [0.25, 0.3) is 0 Å². The molecule has 2 heteroatoms. The van der Waals surface area contributed by atoms with Gasteiger partial charge in [0.25, 0.3) is 0 Å².